The zero-order valence-electron chi connectivity index (χ0n) is 8.58. The summed E-state index contributed by atoms with van der Waals surface area (Å²) in [6.07, 6.45) is -3.05. The van der Waals surface area contributed by atoms with Gasteiger partial charge in [-0.1, -0.05) is 11.6 Å². The summed E-state index contributed by atoms with van der Waals surface area (Å²) in [4.78, 5) is 9.91. The largest absolute Gasteiger partial charge is 0.389 e. The van der Waals surface area contributed by atoms with Crippen molar-refractivity contribution in [1.82, 2.24) is 0 Å². The monoisotopic (exact) mass is 256 g/mol. The van der Waals surface area contributed by atoms with Gasteiger partial charge >= 0.3 is 0 Å². The molecule has 90 valence electrons. The van der Waals surface area contributed by atoms with Crippen LogP contribution in [0, 0.1) is 21.4 Å². The molecular weight excluding hydrogens is 248 g/mol. The van der Waals surface area contributed by atoms with E-state index in [2.05, 4.69) is 0 Å². The summed E-state index contributed by atoms with van der Waals surface area (Å²) in [5, 5.41) is 38.2. The standard InChI is InChI=1S/C10H9ClN2O4/c11-8-2-1-6(13(16)17)5-7(8)10(15)9(14)3-4-12/h1-2,5,9-10,14-15H,3H2. The first-order valence-corrected chi connectivity index (χ1v) is 5.02. The van der Waals surface area contributed by atoms with Crippen LogP contribution < -0.4 is 0 Å². The lowest BCUT2D eigenvalue weighted by molar-refractivity contribution is -0.385. The summed E-state index contributed by atoms with van der Waals surface area (Å²) in [7, 11) is 0. The number of hydrogen-bond donors (Lipinski definition) is 2. The highest BCUT2D eigenvalue weighted by atomic mass is 35.5. The Labute approximate surface area is 102 Å². The lowest BCUT2D eigenvalue weighted by Crippen LogP contribution is -2.18. The minimum Gasteiger partial charge on any atom is -0.389 e. The Morgan fingerprint density at radius 1 is 1.53 bits per heavy atom. The number of halogens is 1. The second kappa shape index (κ2) is 5.59. The first-order valence-electron chi connectivity index (χ1n) is 4.64. The third-order valence-corrected chi connectivity index (χ3v) is 2.52. The predicted molar refractivity (Wildman–Crippen MR) is 59.3 cm³/mol. The molecule has 0 aliphatic rings. The molecular formula is C10H9ClN2O4. The summed E-state index contributed by atoms with van der Waals surface area (Å²) >= 11 is 5.76. The molecule has 0 heterocycles. The zero-order valence-corrected chi connectivity index (χ0v) is 9.33. The molecule has 0 fully saturated rings. The minimum atomic E-state index is -1.43. The fourth-order valence-electron chi connectivity index (χ4n) is 1.28. The SMILES string of the molecule is N#CCC(O)C(O)c1cc([N+](=O)[O-])ccc1Cl. The zero-order chi connectivity index (χ0) is 13.0. The minimum absolute atomic E-state index is 0.0311. The van der Waals surface area contributed by atoms with Crippen LogP contribution in [0.25, 0.3) is 0 Å². The van der Waals surface area contributed by atoms with Gasteiger partial charge in [0.25, 0.3) is 5.69 Å². The molecule has 7 heteroatoms. The molecule has 2 unspecified atom stereocenters. The lowest BCUT2D eigenvalue weighted by Gasteiger charge is -2.16. The van der Waals surface area contributed by atoms with Gasteiger partial charge in [0, 0.05) is 22.7 Å². The van der Waals surface area contributed by atoms with Crippen LogP contribution in [0.1, 0.15) is 18.1 Å². The normalized spacial score (nSPS) is 13.8. The maximum Gasteiger partial charge on any atom is 0.269 e. The van der Waals surface area contributed by atoms with Crippen molar-refractivity contribution in [3.63, 3.8) is 0 Å². The Bertz CT molecular complexity index is 472. The number of aliphatic hydroxyl groups is 2. The van der Waals surface area contributed by atoms with Crippen LogP contribution in [-0.4, -0.2) is 21.2 Å². The van der Waals surface area contributed by atoms with Crippen molar-refractivity contribution in [2.75, 3.05) is 0 Å². The van der Waals surface area contributed by atoms with Crippen molar-refractivity contribution >= 4 is 17.3 Å². The van der Waals surface area contributed by atoms with Crippen molar-refractivity contribution in [3.05, 3.63) is 38.9 Å². The Morgan fingerprint density at radius 3 is 2.71 bits per heavy atom. The predicted octanol–water partition coefficient (Wildman–Crippen LogP) is 1.56. The van der Waals surface area contributed by atoms with Gasteiger partial charge in [0.05, 0.1) is 23.5 Å². The van der Waals surface area contributed by atoms with Crippen LogP contribution in [-0.2, 0) is 0 Å². The molecule has 0 saturated carbocycles. The van der Waals surface area contributed by atoms with Crippen LogP contribution in [0.5, 0.6) is 0 Å². The molecule has 0 radical (unpaired) electrons. The summed E-state index contributed by atoms with van der Waals surface area (Å²) in [5.41, 5.74) is -0.212. The molecule has 0 aliphatic heterocycles. The number of nitro benzene ring substituents is 1. The highest BCUT2D eigenvalue weighted by Gasteiger charge is 2.22. The molecule has 2 N–H and O–H groups in total. The maximum atomic E-state index is 10.5. The number of nitrogens with zero attached hydrogens (tertiary/aromatic N) is 2. The number of hydrogen-bond acceptors (Lipinski definition) is 5. The third kappa shape index (κ3) is 3.14. The van der Waals surface area contributed by atoms with E-state index in [1.165, 1.54) is 12.1 Å². The fraction of sp³-hybridized carbons (Fsp3) is 0.300. The van der Waals surface area contributed by atoms with E-state index in [-0.39, 0.29) is 22.7 Å². The molecule has 17 heavy (non-hydrogen) atoms. The highest BCUT2D eigenvalue weighted by molar-refractivity contribution is 6.31. The molecule has 0 bridgehead atoms. The molecule has 2 atom stereocenters. The van der Waals surface area contributed by atoms with Crippen molar-refractivity contribution in [2.45, 2.75) is 18.6 Å². The highest BCUT2D eigenvalue weighted by Crippen LogP contribution is 2.29. The molecule has 1 aromatic carbocycles. The second-order valence-electron chi connectivity index (χ2n) is 3.34. The Morgan fingerprint density at radius 2 is 2.18 bits per heavy atom. The first kappa shape index (κ1) is 13.4. The molecule has 1 aromatic rings. The van der Waals surface area contributed by atoms with Crippen LogP contribution >= 0.6 is 11.6 Å². The smallest absolute Gasteiger partial charge is 0.269 e. The van der Waals surface area contributed by atoms with Crippen LogP contribution in [0.4, 0.5) is 5.69 Å². The van der Waals surface area contributed by atoms with E-state index in [4.69, 9.17) is 16.9 Å². The van der Waals surface area contributed by atoms with E-state index in [0.717, 1.165) is 6.07 Å². The third-order valence-electron chi connectivity index (χ3n) is 2.17. The first-order chi connectivity index (χ1) is 7.97. The number of nitro groups is 1. The van der Waals surface area contributed by atoms with Gasteiger partial charge in [-0.25, -0.2) is 0 Å². The van der Waals surface area contributed by atoms with Gasteiger partial charge in [0.1, 0.15) is 6.10 Å². The van der Waals surface area contributed by atoms with E-state index in [1.54, 1.807) is 6.07 Å². The summed E-state index contributed by atoms with van der Waals surface area (Å²) in [6.45, 7) is 0. The number of benzene rings is 1. The number of non-ortho nitro benzene ring substituents is 1. The van der Waals surface area contributed by atoms with Crippen LogP contribution in [0.3, 0.4) is 0 Å². The Kier molecular flexibility index (Phi) is 4.40. The summed E-state index contributed by atoms with van der Waals surface area (Å²) in [6, 6.07) is 5.22. The average molecular weight is 257 g/mol. The van der Waals surface area contributed by atoms with Crippen molar-refractivity contribution in [1.29, 1.82) is 5.26 Å². The van der Waals surface area contributed by atoms with Gasteiger partial charge < -0.3 is 10.2 Å². The molecule has 0 spiro atoms. The van der Waals surface area contributed by atoms with Gasteiger partial charge in [0.15, 0.2) is 0 Å². The number of aliphatic hydroxyl groups excluding tert-OH is 2. The Hall–Kier alpha value is -1.68. The molecule has 0 aromatic heterocycles. The van der Waals surface area contributed by atoms with Gasteiger partial charge in [-0.15, -0.1) is 0 Å². The molecule has 1 rings (SSSR count). The molecule has 0 saturated heterocycles. The van der Waals surface area contributed by atoms with Crippen molar-refractivity contribution < 1.29 is 15.1 Å². The van der Waals surface area contributed by atoms with Gasteiger partial charge in [-0.2, -0.15) is 5.26 Å². The van der Waals surface area contributed by atoms with E-state index in [0.29, 0.717) is 0 Å². The van der Waals surface area contributed by atoms with E-state index >= 15 is 0 Å². The summed E-state index contributed by atoms with van der Waals surface area (Å²) in [5.74, 6) is 0. The average Bonchev–Trinajstić information content (AvgIpc) is 2.28. The van der Waals surface area contributed by atoms with Crippen molar-refractivity contribution in [2.24, 2.45) is 0 Å². The van der Waals surface area contributed by atoms with E-state index in [9.17, 15) is 20.3 Å². The lowest BCUT2D eigenvalue weighted by atomic mass is 10.0. The molecule has 0 aliphatic carbocycles. The molecule has 0 amide bonds. The fourth-order valence-corrected chi connectivity index (χ4v) is 1.51. The van der Waals surface area contributed by atoms with E-state index < -0.39 is 17.1 Å². The topological polar surface area (TPSA) is 107 Å². The van der Waals surface area contributed by atoms with E-state index in [1.807, 2.05) is 0 Å². The van der Waals surface area contributed by atoms with Gasteiger partial charge in [0.2, 0.25) is 0 Å². The Balaban J connectivity index is 3.08. The molecule has 6 nitrogen and oxygen atoms in total. The number of rotatable bonds is 4. The van der Waals surface area contributed by atoms with Crippen molar-refractivity contribution in [3.8, 4) is 6.07 Å². The summed E-state index contributed by atoms with van der Waals surface area (Å²) < 4.78 is 0. The van der Waals surface area contributed by atoms with Gasteiger partial charge in [-0.05, 0) is 6.07 Å². The maximum absolute atomic E-state index is 10.5. The van der Waals surface area contributed by atoms with Crippen LogP contribution in [0.2, 0.25) is 5.02 Å². The van der Waals surface area contributed by atoms with Crippen LogP contribution in [0.15, 0.2) is 18.2 Å². The number of nitriles is 1. The second-order valence-corrected chi connectivity index (χ2v) is 3.74. The van der Waals surface area contributed by atoms with Gasteiger partial charge in [-0.3, -0.25) is 10.1 Å². The quantitative estimate of drug-likeness (QED) is 0.628.